The summed E-state index contributed by atoms with van der Waals surface area (Å²) in [7, 11) is 1.87. The molecule has 84 valence electrons. The molecule has 2 N–H and O–H groups in total. The van der Waals surface area contributed by atoms with Gasteiger partial charge in [-0.1, -0.05) is 13.8 Å². The Balaban J connectivity index is 2.03. The van der Waals surface area contributed by atoms with E-state index in [1.807, 2.05) is 19.2 Å². The molecule has 4 heteroatoms. The van der Waals surface area contributed by atoms with Gasteiger partial charge in [0.25, 0.3) is 0 Å². The fourth-order valence-corrected chi connectivity index (χ4v) is 2.15. The van der Waals surface area contributed by atoms with Crippen molar-refractivity contribution < 1.29 is 0 Å². The molecule has 1 saturated carbocycles. The lowest BCUT2D eigenvalue weighted by atomic mass is 10.1. The van der Waals surface area contributed by atoms with E-state index in [1.165, 1.54) is 6.42 Å². The molecule has 0 aromatic carbocycles. The Morgan fingerprint density at radius 2 is 2.12 bits per heavy atom. The lowest BCUT2D eigenvalue weighted by molar-refractivity contribution is 0.611. The zero-order valence-electron chi connectivity index (χ0n) is 9.83. The summed E-state index contributed by atoms with van der Waals surface area (Å²) < 4.78 is 0. The molecule has 0 spiro atoms. The average Bonchev–Trinajstić information content (AvgIpc) is 2.74. The molecule has 2 heterocycles. The van der Waals surface area contributed by atoms with E-state index in [0.717, 1.165) is 22.8 Å². The first kappa shape index (κ1) is 9.63. The van der Waals surface area contributed by atoms with Gasteiger partial charge in [0, 0.05) is 13.0 Å². The topological polar surface area (TPSA) is 53.6 Å². The summed E-state index contributed by atoms with van der Waals surface area (Å²) in [6.45, 7) is 4.55. The van der Waals surface area contributed by atoms with E-state index >= 15 is 0 Å². The van der Waals surface area contributed by atoms with Crippen molar-refractivity contribution >= 4 is 17.0 Å². The molecular formula is C12H16N4. The fourth-order valence-electron chi connectivity index (χ4n) is 2.15. The van der Waals surface area contributed by atoms with Crippen molar-refractivity contribution in [1.82, 2.24) is 15.0 Å². The molecule has 16 heavy (non-hydrogen) atoms. The number of H-pyrrole nitrogens is 1. The van der Waals surface area contributed by atoms with Crippen molar-refractivity contribution in [2.75, 3.05) is 12.4 Å². The second-order valence-electron chi connectivity index (χ2n) is 5.18. The summed E-state index contributed by atoms with van der Waals surface area (Å²) in [4.78, 5) is 12.4. The van der Waals surface area contributed by atoms with E-state index in [1.54, 1.807) is 0 Å². The van der Waals surface area contributed by atoms with Gasteiger partial charge in [-0.15, -0.1) is 0 Å². The molecule has 0 bridgehead atoms. The third kappa shape index (κ3) is 1.37. The van der Waals surface area contributed by atoms with E-state index in [9.17, 15) is 0 Å². The van der Waals surface area contributed by atoms with Gasteiger partial charge in [-0.3, -0.25) is 0 Å². The zero-order valence-corrected chi connectivity index (χ0v) is 9.83. The van der Waals surface area contributed by atoms with Gasteiger partial charge in [0.15, 0.2) is 5.65 Å². The number of nitrogens with one attached hydrogen (secondary N) is 2. The van der Waals surface area contributed by atoms with Crippen LogP contribution in [0.15, 0.2) is 12.1 Å². The third-order valence-corrected chi connectivity index (χ3v) is 3.46. The summed E-state index contributed by atoms with van der Waals surface area (Å²) in [6.07, 6.45) is 1.21. The van der Waals surface area contributed by atoms with Gasteiger partial charge in [0.2, 0.25) is 0 Å². The van der Waals surface area contributed by atoms with E-state index < -0.39 is 0 Å². The number of nitrogens with zero attached hydrogens (tertiary/aromatic N) is 2. The Morgan fingerprint density at radius 3 is 2.75 bits per heavy atom. The SMILES string of the molecule is CNc1ccc2[nH]c(C3CC3(C)C)nc2n1. The highest BCUT2D eigenvalue weighted by atomic mass is 15.0. The van der Waals surface area contributed by atoms with Crippen LogP contribution in [-0.4, -0.2) is 22.0 Å². The van der Waals surface area contributed by atoms with Crippen LogP contribution in [0.5, 0.6) is 0 Å². The summed E-state index contributed by atoms with van der Waals surface area (Å²) in [6, 6.07) is 3.99. The maximum absolute atomic E-state index is 4.57. The second kappa shape index (κ2) is 2.97. The monoisotopic (exact) mass is 216 g/mol. The van der Waals surface area contributed by atoms with Gasteiger partial charge in [-0.05, 0) is 24.0 Å². The number of hydrogen-bond acceptors (Lipinski definition) is 3. The summed E-state index contributed by atoms with van der Waals surface area (Å²) >= 11 is 0. The molecule has 1 aliphatic carbocycles. The van der Waals surface area contributed by atoms with Crippen LogP contribution in [0.3, 0.4) is 0 Å². The van der Waals surface area contributed by atoms with Crippen molar-refractivity contribution in [1.29, 1.82) is 0 Å². The molecule has 1 atom stereocenters. The lowest BCUT2D eigenvalue weighted by Gasteiger charge is -1.97. The van der Waals surface area contributed by atoms with E-state index in [-0.39, 0.29) is 0 Å². The van der Waals surface area contributed by atoms with Gasteiger partial charge >= 0.3 is 0 Å². The first-order chi connectivity index (χ1) is 7.60. The summed E-state index contributed by atoms with van der Waals surface area (Å²) in [5.41, 5.74) is 2.24. The fraction of sp³-hybridized carbons (Fsp3) is 0.500. The van der Waals surface area contributed by atoms with Gasteiger partial charge in [0.1, 0.15) is 11.6 Å². The minimum Gasteiger partial charge on any atom is -0.373 e. The second-order valence-corrected chi connectivity index (χ2v) is 5.18. The van der Waals surface area contributed by atoms with Crippen molar-refractivity contribution in [3.8, 4) is 0 Å². The number of imidazole rings is 1. The number of fused-ring (bicyclic) bond motifs is 1. The van der Waals surface area contributed by atoms with Crippen LogP contribution in [0, 0.1) is 5.41 Å². The Bertz CT molecular complexity index is 541. The number of hydrogen-bond donors (Lipinski definition) is 2. The van der Waals surface area contributed by atoms with Crippen LogP contribution < -0.4 is 5.32 Å². The molecule has 2 aromatic heterocycles. The van der Waals surface area contributed by atoms with E-state index in [0.29, 0.717) is 11.3 Å². The molecule has 1 aliphatic rings. The number of anilines is 1. The minimum atomic E-state index is 0.402. The van der Waals surface area contributed by atoms with Crippen LogP contribution in [0.1, 0.15) is 32.0 Å². The maximum atomic E-state index is 4.57. The van der Waals surface area contributed by atoms with Crippen molar-refractivity contribution in [2.45, 2.75) is 26.2 Å². The van der Waals surface area contributed by atoms with Crippen LogP contribution >= 0.6 is 0 Å². The molecular weight excluding hydrogens is 200 g/mol. The van der Waals surface area contributed by atoms with Crippen molar-refractivity contribution in [2.24, 2.45) is 5.41 Å². The molecule has 4 nitrogen and oxygen atoms in total. The van der Waals surface area contributed by atoms with Crippen LogP contribution in [0.4, 0.5) is 5.82 Å². The number of aromatic nitrogens is 3. The van der Waals surface area contributed by atoms with Gasteiger partial charge < -0.3 is 10.3 Å². The Morgan fingerprint density at radius 1 is 1.38 bits per heavy atom. The van der Waals surface area contributed by atoms with Crippen LogP contribution in [0.2, 0.25) is 0 Å². The quantitative estimate of drug-likeness (QED) is 0.811. The molecule has 0 radical (unpaired) electrons. The highest BCUT2D eigenvalue weighted by molar-refractivity contribution is 5.73. The Labute approximate surface area is 94.5 Å². The Kier molecular flexibility index (Phi) is 1.79. The van der Waals surface area contributed by atoms with Gasteiger partial charge in [0.05, 0.1) is 5.52 Å². The van der Waals surface area contributed by atoms with Gasteiger partial charge in [-0.25, -0.2) is 9.97 Å². The molecule has 3 rings (SSSR count). The molecule has 0 saturated heterocycles. The number of aromatic amines is 1. The molecule has 2 aromatic rings. The van der Waals surface area contributed by atoms with Crippen LogP contribution in [-0.2, 0) is 0 Å². The zero-order chi connectivity index (χ0) is 11.3. The van der Waals surface area contributed by atoms with Gasteiger partial charge in [-0.2, -0.15) is 0 Å². The van der Waals surface area contributed by atoms with Crippen molar-refractivity contribution in [3.05, 3.63) is 18.0 Å². The minimum absolute atomic E-state index is 0.402. The predicted octanol–water partition coefficient (Wildman–Crippen LogP) is 2.51. The molecule has 0 amide bonds. The normalized spacial score (nSPS) is 22.3. The lowest BCUT2D eigenvalue weighted by Crippen LogP contribution is -1.92. The highest BCUT2D eigenvalue weighted by Gasteiger charge is 2.48. The average molecular weight is 216 g/mol. The number of pyridine rings is 1. The van der Waals surface area contributed by atoms with E-state index in [4.69, 9.17) is 0 Å². The first-order valence-corrected chi connectivity index (χ1v) is 5.64. The molecule has 1 unspecified atom stereocenters. The summed E-state index contributed by atoms with van der Waals surface area (Å²) in [5.74, 6) is 2.51. The first-order valence-electron chi connectivity index (χ1n) is 5.64. The maximum Gasteiger partial charge on any atom is 0.179 e. The molecule has 0 aliphatic heterocycles. The Hall–Kier alpha value is -1.58. The summed E-state index contributed by atoms with van der Waals surface area (Å²) in [5, 5.41) is 3.02. The largest absolute Gasteiger partial charge is 0.373 e. The highest BCUT2D eigenvalue weighted by Crippen LogP contribution is 2.57. The standard InChI is InChI=1S/C12H16N4/c1-12(2)6-7(12)10-14-8-4-5-9(13-3)15-11(8)16-10/h4-5,7H,6H2,1-3H3,(H2,13,14,15,16). The van der Waals surface area contributed by atoms with Crippen LogP contribution in [0.25, 0.3) is 11.2 Å². The predicted molar refractivity (Wildman–Crippen MR) is 64.6 cm³/mol. The van der Waals surface area contributed by atoms with Crippen molar-refractivity contribution in [3.63, 3.8) is 0 Å². The number of rotatable bonds is 2. The third-order valence-electron chi connectivity index (χ3n) is 3.46. The van der Waals surface area contributed by atoms with E-state index in [2.05, 4.69) is 34.1 Å². The molecule has 1 fully saturated rings. The smallest absolute Gasteiger partial charge is 0.179 e.